The molecule has 1 aliphatic heterocycles. The van der Waals surface area contributed by atoms with Crippen molar-refractivity contribution in [3.8, 4) is 0 Å². The summed E-state index contributed by atoms with van der Waals surface area (Å²) >= 11 is 0. The van der Waals surface area contributed by atoms with Crippen molar-refractivity contribution in [2.24, 2.45) is 5.73 Å². The third-order valence-corrected chi connectivity index (χ3v) is 3.88. The second-order valence-electron chi connectivity index (χ2n) is 5.39. The first-order valence-electron chi connectivity index (χ1n) is 6.65. The van der Waals surface area contributed by atoms with Crippen LogP contribution in [-0.4, -0.2) is 11.9 Å². The first-order valence-corrected chi connectivity index (χ1v) is 6.65. The fourth-order valence-electron chi connectivity index (χ4n) is 2.77. The number of rotatable bonds is 3. The van der Waals surface area contributed by atoms with E-state index in [0.29, 0.717) is 0 Å². The highest BCUT2D eigenvalue weighted by Crippen LogP contribution is 2.40. The lowest BCUT2D eigenvalue weighted by Gasteiger charge is -2.17. The molecule has 0 aliphatic carbocycles. The maximum absolute atomic E-state index is 12.0. The van der Waals surface area contributed by atoms with E-state index >= 15 is 0 Å². The van der Waals surface area contributed by atoms with Crippen LogP contribution in [0.4, 0.5) is 5.69 Å². The van der Waals surface area contributed by atoms with E-state index in [1.165, 1.54) is 16.7 Å². The smallest absolute Gasteiger partial charge is 0.232 e. The summed E-state index contributed by atoms with van der Waals surface area (Å²) < 4.78 is 0. The number of fused-ring (bicyclic) bond motifs is 1. The van der Waals surface area contributed by atoms with Crippen LogP contribution in [-0.2, 0) is 11.2 Å². The number of anilines is 1. The van der Waals surface area contributed by atoms with Crippen molar-refractivity contribution < 1.29 is 4.79 Å². The van der Waals surface area contributed by atoms with Gasteiger partial charge in [-0.25, -0.2) is 0 Å². The Morgan fingerprint density at radius 1 is 1.44 bits per heavy atom. The van der Waals surface area contributed by atoms with E-state index < -0.39 is 0 Å². The average Bonchev–Trinajstić information content (AvgIpc) is 2.60. The van der Waals surface area contributed by atoms with E-state index in [0.717, 1.165) is 24.1 Å². The van der Waals surface area contributed by atoms with Crippen LogP contribution in [0.5, 0.6) is 0 Å². The largest absolute Gasteiger partial charge is 0.328 e. The van der Waals surface area contributed by atoms with Crippen molar-refractivity contribution in [1.82, 2.24) is 0 Å². The van der Waals surface area contributed by atoms with Crippen molar-refractivity contribution in [3.63, 3.8) is 0 Å². The molecule has 3 N–H and O–H groups in total. The summed E-state index contributed by atoms with van der Waals surface area (Å²) in [5, 5.41) is 3.05. The molecule has 0 fully saturated rings. The molecule has 18 heavy (non-hydrogen) atoms. The van der Waals surface area contributed by atoms with Gasteiger partial charge in [-0.15, -0.1) is 0 Å². The maximum atomic E-state index is 12.0. The Morgan fingerprint density at radius 3 is 2.67 bits per heavy atom. The van der Waals surface area contributed by atoms with Gasteiger partial charge in [0.15, 0.2) is 0 Å². The highest BCUT2D eigenvalue weighted by atomic mass is 16.2. The Hall–Kier alpha value is -1.35. The van der Waals surface area contributed by atoms with Gasteiger partial charge in [0.05, 0.1) is 5.92 Å². The number of nitrogens with one attached hydrogen (secondary N) is 1. The summed E-state index contributed by atoms with van der Waals surface area (Å²) in [6.45, 7) is 8.27. The first kappa shape index (κ1) is 13.1. The Labute approximate surface area is 109 Å². The number of carbonyl (C=O) groups is 1. The molecular formula is C15H22N2O. The molecule has 0 saturated heterocycles. The Bertz CT molecular complexity index is 492. The van der Waals surface area contributed by atoms with Gasteiger partial charge in [-0.05, 0) is 55.9 Å². The average molecular weight is 246 g/mol. The number of benzene rings is 1. The van der Waals surface area contributed by atoms with Crippen molar-refractivity contribution >= 4 is 11.6 Å². The predicted octanol–water partition coefficient (Wildman–Crippen LogP) is 2.64. The fraction of sp³-hybridized carbons (Fsp3) is 0.533. The number of carbonyl (C=O) groups excluding carboxylic acids is 1. The van der Waals surface area contributed by atoms with Crippen LogP contribution in [0.15, 0.2) is 6.07 Å². The molecule has 0 saturated carbocycles. The minimum atomic E-state index is 0.00568. The number of amides is 1. The third-order valence-electron chi connectivity index (χ3n) is 3.88. The molecule has 2 atom stereocenters. The van der Waals surface area contributed by atoms with Gasteiger partial charge in [-0.3, -0.25) is 4.79 Å². The zero-order valence-corrected chi connectivity index (χ0v) is 11.6. The topological polar surface area (TPSA) is 55.1 Å². The molecule has 0 spiro atoms. The summed E-state index contributed by atoms with van der Waals surface area (Å²) in [5.41, 5.74) is 11.8. The Kier molecular flexibility index (Phi) is 3.44. The first-order chi connectivity index (χ1) is 8.45. The molecular weight excluding hydrogens is 224 g/mol. The van der Waals surface area contributed by atoms with Crippen molar-refractivity contribution in [1.29, 1.82) is 0 Å². The number of hydrogen-bond donors (Lipinski definition) is 2. The summed E-state index contributed by atoms with van der Waals surface area (Å²) in [7, 11) is 0. The van der Waals surface area contributed by atoms with Crippen LogP contribution in [0.2, 0.25) is 0 Å². The van der Waals surface area contributed by atoms with Gasteiger partial charge in [-0.2, -0.15) is 0 Å². The number of hydrogen-bond acceptors (Lipinski definition) is 2. The van der Waals surface area contributed by atoms with E-state index in [1.807, 2.05) is 6.92 Å². The molecule has 2 unspecified atom stereocenters. The van der Waals surface area contributed by atoms with Crippen LogP contribution >= 0.6 is 0 Å². The zero-order valence-electron chi connectivity index (χ0n) is 11.6. The molecule has 1 aromatic rings. The van der Waals surface area contributed by atoms with E-state index in [4.69, 9.17) is 5.73 Å². The molecule has 1 heterocycles. The van der Waals surface area contributed by atoms with Crippen molar-refractivity contribution in [2.45, 2.75) is 52.5 Å². The normalized spacial score (nSPS) is 19.6. The van der Waals surface area contributed by atoms with Crippen LogP contribution in [0.3, 0.4) is 0 Å². The molecule has 1 aliphatic rings. The Balaban J connectivity index is 2.58. The van der Waals surface area contributed by atoms with Crippen LogP contribution < -0.4 is 11.1 Å². The van der Waals surface area contributed by atoms with Gasteiger partial charge in [0.25, 0.3) is 0 Å². The second-order valence-corrected chi connectivity index (χ2v) is 5.39. The summed E-state index contributed by atoms with van der Waals surface area (Å²) in [4.78, 5) is 12.0. The lowest BCUT2D eigenvalue weighted by atomic mass is 9.89. The van der Waals surface area contributed by atoms with Crippen LogP contribution in [0.25, 0.3) is 0 Å². The third kappa shape index (κ3) is 2.03. The van der Waals surface area contributed by atoms with Crippen molar-refractivity contribution in [3.05, 3.63) is 28.3 Å². The minimum absolute atomic E-state index is 0.00568. The quantitative estimate of drug-likeness (QED) is 0.861. The zero-order chi connectivity index (χ0) is 13.4. The van der Waals surface area contributed by atoms with Crippen LogP contribution in [0.1, 0.15) is 48.4 Å². The molecule has 3 nitrogen and oxygen atoms in total. The molecule has 0 aromatic heterocycles. The van der Waals surface area contributed by atoms with E-state index in [-0.39, 0.29) is 17.9 Å². The van der Waals surface area contributed by atoms with Crippen LogP contribution in [0, 0.1) is 13.8 Å². The highest BCUT2D eigenvalue weighted by molar-refractivity contribution is 6.04. The van der Waals surface area contributed by atoms with Gasteiger partial charge in [0.2, 0.25) is 5.91 Å². The monoisotopic (exact) mass is 246 g/mol. The fourth-order valence-corrected chi connectivity index (χ4v) is 2.77. The van der Waals surface area contributed by atoms with Gasteiger partial charge in [0, 0.05) is 11.7 Å². The SMILES string of the molecule is CCC1C(=O)Nc2c1cc(C)c(C)c2CC(C)N. The maximum Gasteiger partial charge on any atom is 0.232 e. The van der Waals surface area contributed by atoms with E-state index in [1.54, 1.807) is 0 Å². The second kappa shape index (κ2) is 4.73. The number of aryl methyl sites for hydroxylation is 1. The van der Waals surface area contributed by atoms with Crippen molar-refractivity contribution in [2.75, 3.05) is 5.32 Å². The predicted molar refractivity (Wildman–Crippen MR) is 74.9 cm³/mol. The van der Waals surface area contributed by atoms with E-state index in [2.05, 4.69) is 32.2 Å². The molecule has 3 heteroatoms. The van der Waals surface area contributed by atoms with Gasteiger partial charge in [-0.1, -0.05) is 13.0 Å². The lowest BCUT2D eigenvalue weighted by molar-refractivity contribution is -0.117. The number of nitrogens with two attached hydrogens (primary N) is 1. The summed E-state index contributed by atoms with van der Waals surface area (Å²) in [5.74, 6) is 0.134. The molecule has 1 aromatic carbocycles. The van der Waals surface area contributed by atoms with E-state index in [9.17, 15) is 4.79 Å². The van der Waals surface area contributed by atoms with Gasteiger partial charge in [0.1, 0.15) is 0 Å². The molecule has 98 valence electrons. The molecule has 0 bridgehead atoms. The highest BCUT2D eigenvalue weighted by Gasteiger charge is 2.31. The molecule has 1 amide bonds. The molecule has 2 rings (SSSR count). The standard InChI is InChI=1S/C15H22N2O/c1-5-11-13-6-8(2)10(4)12(7-9(3)16)14(13)17-15(11)18/h6,9,11H,5,7,16H2,1-4H3,(H,17,18). The summed E-state index contributed by atoms with van der Waals surface area (Å²) in [6, 6.07) is 2.26. The van der Waals surface area contributed by atoms with Gasteiger partial charge < -0.3 is 11.1 Å². The summed E-state index contributed by atoms with van der Waals surface area (Å²) in [6.07, 6.45) is 1.66. The molecule has 0 radical (unpaired) electrons. The van der Waals surface area contributed by atoms with Gasteiger partial charge >= 0.3 is 0 Å². The minimum Gasteiger partial charge on any atom is -0.328 e. The lowest BCUT2D eigenvalue weighted by Crippen LogP contribution is -2.19. The Morgan fingerprint density at radius 2 is 2.11 bits per heavy atom.